The molecule has 1 aromatic rings. The van der Waals surface area contributed by atoms with Gasteiger partial charge in [0.1, 0.15) is 6.04 Å². The fraction of sp³-hybridized carbons (Fsp3) is 0.538. The third-order valence-corrected chi connectivity index (χ3v) is 3.28. The van der Waals surface area contributed by atoms with Crippen LogP contribution in [0.25, 0.3) is 0 Å². The zero-order valence-corrected chi connectivity index (χ0v) is 9.88. The van der Waals surface area contributed by atoms with Crippen molar-refractivity contribution in [3.8, 4) is 0 Å². The fourth-order valence-electron chi connectivity index (χ4n) is 2.34. The normalized spacial score (nSPS) is 21.3. The lowest BCUT2D eigenvalue weighted by atomic mass is 10.0. The van der Waals surface area contributed by atoms with E-state index in [1.54, 1.807) is 6.20 Å². The Morgan fingerprint density at radius 2 is 2.35 bits per heavy atom. The third kappa shape index (κ3) is 3.27. The van der Waals surface area contributed by atoms with Crippen LogP contribution in [-0.4, -0.2) is 40.1 Å². The van der Waals surface area contributed by atoms with Crippen molar-refractivity contribution in [1.82, 2.24) is 9.88 Å². The number of hydrogen-bond donors (Lipinski definition) is 1. The number of hydrogen-bond acceptors (Lipinski definition) is 3. The molecule has 92 valence electrons. The highest BCUT2D eigenvalue weighted by atomic mass is 16.4. The molecule has 2 rings (SSSR count). The van der Waals surface area contributed by atoms with E-state index in [9.17, 15) is 4.79 Å². The molecular weight excluding hydrogens is 216 g/mol. The Morgan fingerprint density at radius 3 is 3.06 bits per heavy atom. The Hall–Kier alpha value is -1.42. The van der Waals surface area contributed by atoms with Crippen molar-refractivity contribution in [3.63, 3.8) is 0 Å². The van der Waals surface area contributed by atoms with Gasteiger partial charge in [0.05, 0.1) is 0 Å². The van der Waals surface area contributed by atoms with Crippen LogP contribution in [0.2, 0.25) is 0 Å². The SMILES string of the molecule is O=C(O)C1CCCCN1CCc1ccccn1. The predicted octanol–water partition coefficient (Wildman–Crippen LogP) is 1.56. The minimum absolute atomic E-state index is 0.299. The lowest BCUT2D eigenvalue weighted by Crippen LogP contribution is -2.45. The number of pyridine rings is 1. The van der Waals surface area contributed by atoms with Crippen LogP contribution >= 0.6 is 0 Å². The van der Waals surface area contributed by atoms with Gasteiger partial charge in [-0.05, 0) is 31.5 Å². The van der Waals surface area contributed by atoms with Crippen molar-refractivity contribution in [3.05, 3.63) is 30.1 Å². The van der Waals surface area contributed by atoms with Crippen LogP contribution in [0.15, 0.2) is 24.4 Å². The number of likely N-dealkylation sites (tertiary alicyclic amines) is 1. The fourth-order valence-corrected chi connectivity index (χ4v) is 2.34. The van der Waals surface area contributed by atoms with Crippen LogP contribution in [0.3, 0.4) is 0 Å². The van der Waals surface area contributed by atoms with Gasteiger partial charge in [-0.3, -0.25) is 14.7 Å². The number of piperidine rings is 1. The van der Waals surface area contributed by atoms with Gasteiger partial charge in [-0.1, -0.05) is 12.5 Å². The zero-order chi connectivity index (χ0) is 12.1. The zero-order valence-electron chi connectivity index (χ0n) is 9.88. The van der Waals surface area contributed by atoms with E-state index in [1.807, 2.05) is 18.2 Å². The Labute approximate surface area is 101 Å². The molecule has 0 spiro atoms. The van der Waals surface area contributed by atoms with Gasteiger partial charge in [0.2, 0.25) is 0 Å². The first-order valence-corrected chi connectivity index (χ1v) is 6.14. The van der Waals surface area contributed by atoms with E-state index in [0.717, 1.165) is 44.5 Å². The minimum atomic E-state index is -0.689. The van der Waals surface area contributed by atoms with E-state index in [1.165, 1.54) is 0 Å². The number of carbonyl (C=O) groups is 1. The molecule has 1 atom stereocenters. The van der Waals surface area contributed by atoms with Crippen molar-refractivity contribution in [1.29, 1.82) is 0 Å². The molecule has 0 radical (unpaired) electrons. The van der Waals surface area contributed by atoms with Crippen molar-refractivity contribution in [2.45, 2.75) is 31.7 Å². The summed E-state index contributed by atoms with van der Waals surface area (Å²) in [7, 11) is 0. The Kier molecular flexibility index (Phi) is 4.09. The molecule has 1 saturated heterocycles. The van der Waals surface area contributed by atoms with Crippen molar-refractivity contribution in [2.24, 2.45) is 0 Å². The molecule has 1 fully saturated rings. The number of carboxylic acids is 1. The topological polar surface area (TPSA) is 53.4 Å². The highest BCUT2D eigenvalue weighted by molar-refractivity contribution is 5.73. The maximum absolute atomic E-state index is 11.1. The van der Waals surface area contributed by atoms with E-state index in [0.29, 0.717) is 0 Å². The second-order valence-corrected chi connectivity index (χ2v) is 4.46. The molecule has 0 aromatic carbocycles. The summed E-state index contributed by atoms with van der Waals surface area (Å²) >= 11 is 0. The number of carboxylic acid groups (broad SMARTS) is 1. The van der Waals surface area contributed by atoms with Crippen molar-refractivity contribution >= 4 is 5.97 Å². The quantitative estimate of drug-likeness (QED) is 0.859. The lowest BCUT2D eigenvalue weighted by molar-refractivity contribution is -0.144. The standard InChI is InChI=1S/C13H18N2O2/c16-13(17)12-6-2-4-9-15(12)10-7-11-5-1-3-8-14-11/h1,3,5,8,12H,2,4,6-7,9-10H2,(H,16,17). The number of rotatable bonds is 4. The molecular formula is C13H18N2O2. The predicted molar refractivity (Wildman–Crippen MR) is 64.8 cm³/mol. The molecule has 1 unspecified atom stereocenters. The van der Waals surface area contributed by atoms with Crippen LogP contribution < -0.4 is 0 Å². The molecule has 4 nitrogen and oxygen atoms in total. The van der Waals surface area contributed by atoms with Crippen molar-refractivity contribution < 1.29 is 9.90 Å². The largest absolute Gasteiger partial charge is 0.480 e. The molecule has 1 aliphatic rings. The molecule has 0 bridgehead atoms. The summed E-state index contributed by atoms with van der Waals surface area (Å²) in [5.74, 6) is -0.689. The van der Waals surface area contributed by atoms with Gasteiger partial charge in [-0.25, -0.2) is 0 Å². The Bertz CT molecular complexity index is 367. The molecule has 1 N–H and O–H groups in total. The Morgan fingerprint density at radius 1 is 1.47 bits per heavy atom. The van der Waals surface area contributed by atoms with Crippen LogP contribution in [0.1, 0.15) is 25.0 Å². The first-order valence-electron chi connectivity index (χ1n) is 6.14. The van der Waals surface area contributed by atoms with Crippen LogP contribution in [-0.2, 0) is 11.2 Å². The first-order chi connectivity index (χ1) is 8.27. The van der Waals surface area contributed by atoms with Gasteiger partial charge in [0.25, 0.3) is 0 Å². The highest BCUT2D eigenvalue weighted by Gasteiger charge is 2.27. The van der Waals surface area contributed by atoms with E-state index in [4.69, 9.17) is 5.11 Å². The van der Waals surface area contributed by atoms with Gasteiger partial charge in [0, 0.05) is 24.9 Å². The average Bonchev–Trinajstić information content (AvgIpc) is 2.38. The van der Waals surface area contributed by atoms with Gasteiger partial charge >= 0.3 is 5.97 Å². The van der Waals surface area contributed by atoms with Gasteiger partial charge in [-0.2, -0.15) is 0 Å². The van der Waals surface area contributed by atoms with E-state index in [2.05, 4.69) is 9.88 Å². The summed E-state index contributed by atoms with van der Waals surface area (Å²) in [5, 5.41) is 9.15. The third-order valence-electron chi connectivity index (χ3n) is 3.28. The second-order valence-electron chi connectivity index (χ2n) is 4.46. The molecule has 4 heteroatoms. The van der Waals surface area contributed by atoms with Gasteiger partial charge in [0.15, 0.2) is 0 Å². The molecule has 1 aliphatic heterocycles. The molecule has 0 amide bonds. The summed E-state index contributed by atoms with van der Waals surface area (Å²) < 4.78 is 0. The highest BCUT2D eigenvalue weighted by Crippen LogP contribution is 2.17. The molecule has 0 saturated carbocycles. The molecule has 1 aromatic heterocycles. The van der Waals surface area contributed by atoms with E-state index >= 15 is 0 Å². The summed E-state index contributed by atoms with van der Waals surface area (Å²) in [6.45, 7) is 1.68. The van der Waals surface area contributed by atoms with Crippen molar-refractivity contribution in [2.75, 3.05) is 13.1 Å². The van der Waals surface area contributed by atoms with Gasteiger partial charge in [-0.15, -0.1) is 0 Å². The summed E-state index contributed by atoms with van der Waals surface area (Å²) in [6.07, 6.45) is 5.51. The number of aliphatic carboxylic acids is 1. The number of nitrogens with zero attached hydrogens (tertiary/aromatic N) is 2. The summed E-state index contributed by atoms with van der Waals surface area (Å²) in [6, 6.07) is 5.55. The molecule has 0 aliphatic carbocycles. The monoisotopic (exact) mass is 234 g/mol. The van der Waals surface area contributed by atoms with Gasteiger partial charge < -0.3 is 5.11 Å². The molecule has 17 heavy (non-hydrogen) atoms. The second kappa shape index (κ2) is 5.77. The van der Waals surface area contributed by atoms with E-state index < -0.39 is 5.97 Å². The number of aromatic nitrogens is 1. The average molecular weight is 234 g/mol. The van der Waals surface area contributed by atoms with Crippen LogP contribution in [0, 0.1) is 0 Å². The van der Waals surface area contributed by atoms with Crippen LogP contribution in [0.5, 0.6) is 0 Å². The lowest BCUT2D eigenvalue weighted by Gasteiger charge is -2.32. The van der Waals surface area contributed by atoms with E-state index in [-0.39, 0.29) is 6.04 Å². The Balaban J connectivity index is 1.90. The maximum Gasteiger partial charge on any atom is 0.320 e. The summed E-state index contributed by atoms with van der Waals surface area (Å²) in [4.78, 5) is 17.4. The molecule has 2 heterocycles. The summed E-state index contributed by atoms with van der Waals surface area (Å²) in [5.41, 5.74) is 1.03. The first kappa shape index (κ1) is 12.0. The smallest absolute Gasteiger partial charge is 0.320 e. The van der Waals surface area contributed by atoms with Crippen LogP contribution in [0.4, 0.5) is 0 Å². The maximum atomic E-state index is 11.1. The minimum Gasteiger partial charge on any atom is -0.480 e.